The summed E-state index contributed by atoms with van der Waals surface area (Å²) in [7, 11) is 0. The molecule has 1 fully saturated rings. The van der Waals surface area contributed by atoms with E-state index in [2.05, 4.69) is 26.1 Å². The molecule has 0 saturated carbocycles. The molecule has 1 aliphatic rings. The Kier molecular flexibility index (Phi) is 10.3. The second-order valence-electron chi connectivity index (χ2n) is 11.3. The van der Waals surface area contributed by atoms with E-state index in [0.717, 1.165) is 18.4 Å². The van der Waals surface area contributed by atoms with E-state index in [1.165, 1.54) is 35.4 Å². The van der Waals surface area contributed by atoms with Crippen molar-refractivity contribution < 1.29 is 27.9 Å². The van der Waals surface area contributed by atoms with Gasteiger partial charge in [0.15, 0.2) is 0 Å². The second kappa shape index (κ2) is 14.1. The fourth-order valence-corrected chi connectivity index (χ4v) is 4.72. The zero-order chi connectivity index (χ0) is 31.0. The van der Waals surface area contributed by atoms with E-state index in [-0.39, 0.29) is 48.7 Å². The molecule has 0 unspecified atom stereocenters. The van der Waals surface area contributed by atoms with E-state index in [0.29, 0.717) is 30.8 Å². The molecule has 3 amide bonds. The van der Waals surface area contributed by atoms with E-state index in [4.69, 9.17) is 4.74 Å². The summed E-state index contributed by atoms with van der Waals surface area (Å²) in [5.41, 5.74) is 3.89. The van der Waals surface area contributed by atoms with Gasteiger partial charge in [0.05, 0.1) is 23.0 Å². The molecule has 1 aromatic carbocycles. The molecule has 230 valence electrons. The molecule has 13 heteroatoms. The number of aromatic nitrogens is 3. The van der Waals surface area contributed by atoms with Crippen LogP contribution in [0.15, 0.2) is 48.8 Å². The number of amides is 3. The lowest BCUT2D eigenvalue weighted by molar-refractivity contribution is -0.131. The third-order valence-corrected chi connectivity index (χ3v) is 6.75. The van der Waals surface area contributed by atoms with Crippen LogP contribution in [0.5, 0.6) is 0 Å². The van der Waals surface area contributed by atoms with Crippen LogP contribution in [-0.4, -0.2) is 75.5 Å². The minimum Gasteiger partial charge on any atom is -0.444 e. The molecule has 1 saturated heterocycles. The van der Waals surface area contributed by atoms with Gasteiger partial charge in [-0.3, -0.25) is 14.6 Å². The molecule has 0 spiro atoms. The van der Waals surface area contributed by atoms with Gasteiger partial charge in [0.2, 0.25) is 11.9 Å². The average Bonchev–Trinajstić information content (AvgIpc) is 3.57. The zero-order valence-corrected chi connectivity index (χ0v) is 24.5. The van der Waals surface area contributed by atoms with Gasteiger partial charge in [0.1, 0.15) is 11.4 Å². The quantitative estimate of drug-likeness (QED) is 0.308. The molecule has 3 heterocycles. The molecule has 1 aliphatic heterocycles. The SMILES string of the molecule is CC(C)(C)OC(=O)NCCC(=O)N1CCC[C@@H]1CNC(=O)c1ccc(-c2cn(NCCc3cccc(F)c3)nc2F)nc1. The van der Waals surface area contributed by atoms with Gasteiger partial charge in [-0.2, -0.15) is 9.18 Å². The highest BCUT2D eigenvalue weighted by Crippen LogP contribution is 2.20. The van der Waals surface area contributed by atoms with Crippen LogP contribution in [0.4, 0.5) is 13.6 Å². The molecule has 43 heavy (non-hydrogen) atoms. The summed E-state index contributed by atoms with van der Waals surface area (Å²) in [4.78, 5) is 44.5. The number of alkyl carbamates (subject to hydrolysis) is 1. The van der Waals surface area contributed by atoms with E-state index >= 15 is 0 Å². The minimum atomic E-state index is -0.727. The maximum atomic E-state index is 14.5. The van der Waals surface area contributed by atoms with Gasteiger partial charge in [-0.25, -0.2) is 9.18 Å². The van der Waals surface area contributed by atoms with Crippen molar-refractivity contribution >= 4 is 17.9 Å². The first-order chi connectivity index (χ1) is 20.5. The number of hydrogen-bond donors (Lipinski definition) is 3. The van der Waals surface area contributed by atoms with Crippen molar-refractivity contribution in [3.05, 3.63) is 71.7 Å². The largest absolute Gasteiger partial charge is 0.444 e. The van der Waals surface area contributed by atoms with Crippen molar-refractivity contribution in [3.8, 4) is 11.3 Å². The molecule has 0 bridgehead atoms. The number of carbonyl (C=O) groups is 3. The van der Waals surface area contributed by atoms with Gasteiger partial charge in [-0.05, 0) is 69.9 Å². The van der Waals surface area contributed by atoms with Crippen molar-refractivity contribution in [2.45, 2.75) is 58.1 Å². The number of nitrogens with one attached hydrogen (secondary N) is 3. The Morgan fingerprint density at radius 2 is 1.91 bits per heavy atom. The lowest BCUT2D eigenvalue weighted by Crippen LogP contribution is -2.44. The third kappa shape index (κ3) is 9.22. The maximum Gasteiger partial charge on any atom is 0.407 e. The summed E-state index contributed by atoms with van der Waals surface area (Å²) in [5, 5.41) is 9.26. The summed E-state index contributed by atoms with van der Waals surface area (Å²) < 4.78 is 33.1. The van der Waals surface area contributed by atoms with Crippen LogP contribution in [0.2, 0.25) is 0 Å². The molecule has 0 aliphatic carbocycles. The highest BCUT2D eigenvalue weighted by molar-refractivity contribution is 5.94. The van der Waals surface area contributed by atoms with Crippen molar-refractivity contribution in [3.63, 3.8) is 0 Å². The lowest BCUT2D eigenvalue weighted by Gasteiger charge is -2.25. The molecule has 0 radical (unpaired) electrons. The number of pyridine rings is 1. The van der Waals surface area contributed by atoms with Crippen molar-refractivity contribution in [2.24, 2.45) is 0 Å². The molecule has 1 atom stereocenters. The third-order valence-electron chi connectivity index (χ3n) is 6.75. The number of halogens is 2. The van der Waals surface area contributed by atoms with Crippen LogP contribution < -0.4 is 16.1 Å². The monoisotopic (exact) mass is 597 g/mol. The normalized spacial score (nSPS) is 14.8. The predicted molar refractivity (Wildman–Crippen MR) is 156 cm³/mol. The Bertz CT molecular complexity index is 1420. The summed E-state index contributed by atoms with van der Waals surface area (Å²) in [6.45, 7) is 6.71. The number of rotatable bonds is 11. The Balaban J connectivity index is 1.24. The average molecular weight is 598 g/mol. The van der Waals surface area contributed by atoms with Crippen LogP contribution >= 0.6 is 0 Å². The number of benzene rings is 1. The molecular formula is C30H37F2N7O4. The molecular weight excluding hydrogens is 560 g/mol. The molecule has 11 nitrogen and oxygen atoms in total. The number of hydrogen-bond acceptors (Lipinski definition) is 7. The number of nitrogens with zero attached hydrogens (tertiary/aromatic N) is 4. The van der Waals surface area contributed by atoms with Crippen molar-refractivity contribution in [2.75, 3.05) is 31.6 Å². The Morgan fingerprint density at radius 1 is 1.09 bits per heavy atom. The van der Waals surface area contributed by atoms with Crippen LogP contribution in [0.1, 0.15) is 56.0 Å². The van der Waals surface area contributed by atoms with Gasteiger partial charge in [0, 0.05) is 44.8 Å². The first-order valence-corrected chi connectivity index (χ1v) is 14.2. The van der Waals surface area contributed by atoms with Crippen molar-refractivity contribution in [1.29, 1.82) is 0 Å². The molecule has 2 aromatic heterocycles. The maximum absolute atomic E-state index is 14.5. The first-order valence-electron chi connectivity index (χ1n) is 14.2. The standard InChI is InChI=1S/C30H37F2N7O4/c1-30(2,3)43-29(42)33-13-12-26(40)38-15-5-8-23(38)18-35-28(41)21-9-10-25(34-17-21)24-19-39(37-27(24)32)36-14-11-20-6-4-7-22(31)16-20/h4,6-7,9-10,16-17,19,23,36H,5,8,11-15,18H2,1-3H3,(H,33,42)(H,35,41)/t23-/m1/s1. The minimum absolute atomic E-state index is 0.107. The smallest absolute Gasteiger partial charge is 0.407 e. The van der Waals surface area contributed by atoms with E-state index in [1.54, 1.807) is 43.9 Å². The van der Waals surface area contributed by atoms with Crippen LogP contribution in [0.3, 0.4) is 0 Å². The van der Waals surface area contributed by atoms with Gasteiger partial charge in [-0.1, -0.05) is 12.1 Å². The summed E-state index contributed by atoms with van der Waals surface area (Å²) in [5.74, 6) is -1.51. The van der Waals surface area contributed by atoms with Gasteiger partial charge < -0.3 is 25.7 Å². The first kappa shape index (κ1) is 31.4. The highest BCUT2D eigenvalue weighted by atomic mass is 19.1. The van der Waals surface area contributed by atoms with Gasteiger partial charge >= 0.3 is 6.09 Å². The summed E-state index contributed by atoms with van der Waals surface area (Å²) in [6.07, 6.45) is 4.47. The van der Waals surface area contributed by atoms with Gasteiger partial charge in [-0.15, -0.1) is 5.10 Å². The lowest BCUT2D eigenvalue weighted by atomic mass is 10.1. The summed E-state index contributed by atoms with van der Waals surface area (Å²) in [6, 6.07) is 9.18. The van der Waals surface area contributed by atoms with Crippen LogP contribution in [0.25, 0.3) is 11.3 Å². The number of likely N-dealkylation sites (tertiary alicyclic amines) is 1. The Morgan fingerprint density at radius 3 is 2.63 bits per heavy atom. The van der Waals surface area contributed by atoms with Crippen LogP contribution in [-0.2, 0) is 16.0 Å². The predicted octanol–water partition coefficient (Wildman–Crippen LogP) is 3.65. The summed E-state index contributed by atoms with van der Waals surface area (Å²) >= 11 is 0. The Hall–Kier alpha value is -4.55. The Labute approximate surface area is 249 Å². The van der Waals surface area contributed by atoms with E-state index in [9.17, 15) is 23.2 Å². The fourth-order valence-electron chi connectivity index (χ4n) is 4.72. The number of ether oxygens (including phenoxy) is 1. The highest BCUT2D eigenvalue weighted by Gasteiger charge is 2.29. The van der Waals surface area contributed by atoms with E-state index < -0.39 is 17.6 Å². The zero-order valence-electron chi connectivity index (χ0n) is 24.5. The molecule has 3 aromatic rings. The molecule has 4 rings (SSSR count). The number of carbonyl (C=O) groups excluding carboxylic acids is 3. The fraction of sp³-hybridized carbons (Fsp3) is 0.433. The van der Waals surface area contributed by atoms with E-state index in [1.807, 2.05) is 0 Å². The topological polar surface area (TPSA) is 130 Å². The second-order valence-corrected chi connectivity index (χ2v) is 11.3. The van der Waals surface area contributed by atoms with Crippen LogP contribution in [0, 0.1) is 11.8 Å². The van der Waals surface area contributed by atoms with Gasteiger partial charge in [0.25, 0.3) is 5.91 Å². The molecule has 3 N–H and O–H groups in total. The van der Waals surface area contributed by atoms with Crippen molar-refractivity contribution in [1.82, 2.24) is 30.4 Å².